The Morgan fingerprint density at radius 1 is 1.07 bits per heavy atom. The minimum Gasteiger partial charge on any atom is -0.497 e. The molecule has 2 aromatic rings. The molecule has 1 aliphatic heterocycles. The van der Waals surface area contributed by atoms with Crippen LogP contribution < -0.4 is 9.47 Å². The predicted molar refractivity (Wildman–Crippen MR) is 104 cm³/mol. The van der Waals surface area contributed by atoms with Crippen LogP contribution >= 0.6 is 0 Å². The summed E-state index contributed by atoms with van der Waals surface area (Å²) in [6, 6.07) is 14.8. The van der Waals surface area contributed by atoms with Crippen molar-refractivity contribution < 1.29 is 24.2 Å². The fraction of sp³-hybridized carbons (Fsp3) is 0.286. The van der Waals surface area contributed by atoms with Crippen molar-refractivity contribution in [1.82, 2.24) is 5.01 Å². The van der Waals surface area contributed by atoms with Crippen LogP contribution in [0.5, 0.6) is 11.5 Å². The number of hydrogen-bond acceptors (Lipinski definition) is 5. The molecule has 0 saturated carbocycles. The summed E-state index contributed by atoms with van der Waals surface area (Å²) in [5.74, 6) is -0.0698. The summed E-state index contributed by atoms with van der Waals surface area (Å²) >= 11 is 0. The molecule has 2 aromatic carbocycles. The first-order valence-electron chi connectivity index (χ1n) is 8.91. The van der Waals surface area contributed by atoms with Crippen LogP contribution in [0, 0.1) is 0 Å². The average molecular weight is 382 g/mol. The SMILES string of the molecule is COc1cc(OC)cc(C2=NN(C(=O)CCC(=O)O)C(c3ccccc3)C2)c1. The van der Waals surface area contributed by atoms with Gasteiger partial charge in [0.15, 0.2) is 0 Å². The number of ether oxygens (including phenoxy) is 2. The zero-order valence-electron chi connectivity index (χ0n) is 15.8. The lowest BCUT2D eigenvalue weighted by atomic mass is 9.98. The molecular weight excluding hydrogens is 360 g/mol. The average Bonchev–Trinajstić information content (AvgIpc) is 3.17. The molecule has 0 spiro atoms. The number of carbonyl (C=O) groups excluding carboxylic acids is 1. The van der Waals surface area contributed by atoms with Crippen LogP contribution in [0.4, 0.5) is 0 Å². The van der Waals surface area contributed by atoms with Crippen LogP contribution in [0.2, 0.25) is 0 Å². The van der Waals surface area contributed by atoms with Gasteiger partial charge < -0.3 is 14.6 Å². The van der Waals surface area contributed by atoms with E-state index in [1.807, 2.05) is 42.5 Å². The Kier molecular flexibility index (Phi) is 5.93. The van der Waals surface area contributed by atoms with Gasteiger partial charge >= 0.3 is 5.97 Å². The van der Waals surface area contributed by atoms with E-state index in [0.29, 0.717) is 17.9 Å². The Morgan fingerprint density at radius 2 is 1.71 bits per heavy atom. The molecule has 1 N–H and O–H groups in total. The number of benzene rings is 2. The molecule has 0 radical (unpaired) electrons. The molecule has 7 nitrogen and oxygen atoms in total. The number of carboxylic acid groups (broad SMARTS) is 1. The fourth-order valence-electron chi connectivity index (χ4n) is 3.15. The molecule has 1 aliphatic rings. The second-order valence-corrected chi connectivity index (χ2v) is 6.41. The maximum absolute atomic E-state index is 12.7. The first-order chi connectivity index (χ1) is 13.5. The lowest BCUT2D eigenvalue weighted by molar-refractivity contribution is -0.141. The van der Waals surface area contributed by atoms with Crippen LogP contribution in [0.3, 0.4) is 0 Å². The second kappa shape index (κ2) is 8.56. The summed E-state index contributed by atoms with van der Waals surface area (Å²) in [5, 5.41) is 14.8. The quantitative estimate of drug-likeness (QED) is 0.794. The number of hydrazone groups is 1. The fourth-order valence-corrected chi connectivity index (χ4v) is 3.15. The standard InChI is InChI=1S/C21H22N2O5/c1-27-16-10-15(11-17(12-16)28-2)18-13-19(14-6-4-3-5-7-14)23(22-18)20(24)8-9-21(25)26/h3-7,10-12,19H,8-9,13H2,1-2H3,(H,25,26). The van der Waals surface area contributed by atoms with Gasteiger partial charge in [0, 0.05) is 24.5 Å². The summed E-state index contributed by atoms with van der Waals surface area (Å²) in [7, 11) is 3.15. The zero-order chi connectivity index (χ0) is 20.1. The topological polar surface area (TPSA) is 88.4 Å². The lowest BCUT2D eigenvalue weighted by Gasteiger charge is -2.21. The highest BCUT2D eigenvalue weighted by atomic mass is 16.5. The predicted octanol–water partition coefficient (Wildman–Crippen LogP) is 3.25. The van der Waals surface area contributed by atoms with E-state index in [-0.39, 0.29) is 24.8 Å². The van der Waals surface area contributed by atoms with Crippen molar-refractivity contribution in [3.8, 4) is 11.5 Å². The van der Waals surface area contributed by atoms with Crippen LogP contribution in [0.15, 0.2) is 53.6 Å². The normalized spacial score (nSPS) is 15.9. The molecule has 1 heterocycles. The van der Waals surface area contributed by atoms with E-state index in [4.69, 9.17) is 14.6 Å². The van der Waals surface area contributed by atoms with Gasteiger partial charge in [-0.1, -0.05) is 30.3 Å². The Balaban J connectivity index is 1.95. The van der Waals surface area contributed by atoms with Crippen molar-refractivity contribution in [1.29, 1.82) is 0 Å². The molecular formula is C21H22N2O5. The van der Waals surface area contributed by atoms with Crippen molar-refractivity contribution in [2.45, 2.75) is 25.3 Å². The Labute approximate surface area is 163 Å². The number of rotatable bonds is 7. The number of methoxy groups -OCH3 is 2. The molecule has 0 saturated heterocycles. The number of amides is 1. The molecule has 7 heteroatoms. The maximum atomic E-state index is 12.7. The summed E-state index contributed by atoms with van der Waals surface area (Å²) in [6.07, 6.45) is 0.185. The van der Waals surface area contributed by atoms with Crippen LogP contribution in [0.1, 0.15) is 36.4 Å². The second-order valence-electron chi connectivity index (χ2n) is 6.41. The third kappa shape index (κ3) is 4.31. The number of hydrogen-bond donors (Lipinski definition) is 1. The van der Waals surface area contributed by atoms with Crippen LogP contribution in [-0.4, -0.2) is 41.9 Å². The molecule has 3 rings (SSSR count). The summed E-state index contributed by atoms with van der Waals surface area (Å²) in [6.45, 7) is 0. The Hall–Kier alpha value is -3.35. The lowest BCUT2D eigenvalue weighted by Crippen LogP contribution is -2.27. The first-order valence-corrected chi connectivity index (χ1v) is 8.91. The third-order valence-electron chi connectivity index (χ3n) is 4.59. The Morgan fingerprint density at radius 3 is 2.29 bits per heavy atom. The van der Waals surface area contributed by atoms with Gasteiger partial charge in [-0.2, -0.15) is 5.10 Å². The number of aliphatic carboxylic acids is 1. The van der Waals surface area contributed by atoms with Gasteiger partial charge in [-0.05, 0) is 17.7 Å². The maximum Gasteiger partial charge on any atom is 0.303 e. The summed E-state index contributed by atoms with van der Waals surface area (Å²) in [4.78, 5) is 23.5. The number of carbonyl (C=O) groups is 2. The van der Waals surface area contributed by atoms with Gasteiger partial charge in [-0.25, -0.2) is 5.01 Å². The van der Waals surface area contributed by atoms with E-state index in [1.165, 1.54) is 5.01 Å². The van der Waals surface area contributed by atoms with Crippen molar-refractivity contribution in [3.05, 3.63) is 59.7 Å². The zero-order valence-corrected chi connectivity index (χ0v) is 15.8. The molecule has 146 valence electrons. The molecule has 0 aromatic heterocycles. The summed E-state index contributed by atoms with van der Waals surface area (Å²) in [5.41, 5.74) is 2.46. The van der Waals surface area contributed by atoms with Gasteiger partial charge in [0.25, 0.3) is 0 Å². The van der Waals surface area contributed by atoms with Crippen molar-refractivity contribution in [3.63, 3.8) is 0 Å². The smallest absolute Gasteiger partial charge is 0.303 e. The van der Waals surface area contributed by atoms with Gasteiger partial charge in [-0.15, -0.1) is 0 Å². The molecule has 0 aliphatic carbocycles. The monoisotopic (exact) mass is 382 g/mol. The van der Waals surface area contributed by atoms with Crippen LogP contribution in [-0.2, 0) is 9.59 Å². The largest absolute Gasteiger partial charge is 0.497 e. The number of nitrogens with zero attached hydrogens (tertiary/aromatic N) is 2. The van der Waals surface area contributed by atoms with E-state index in [1.54, 1.807) is 20.3 Å². The molecule has 1 atom stereocenters. The first kappa shape index (κ1) is 19.4. The van der Waals surface area contributed by atoms with E-state index in [2.05, 4.69) is 5.10 Å². The highest BCUT2D eigenvalue weighted by Gasteiger charge is 2.33. The minimum atomic E-state index is -1.01. The van der Waals surface area contributed by atoms with Crippen molar-refractivity contribution in [2.75, 3.05) is 14.2 Å². The van der Waals surface area contributed by atoms with Crippen LogP contribution in [0.25, 0.3) is 0 Å². The summed E-state index contributed by atoms with van der Waals surface area (Å²) < 4.78 is 10.7. The van der Waals surface area contributed by atoms with E-state index in [9.17, 15) is 9.59 Å². The van der Waals surface area contributed by atoms with E-state index >= 15 is 0 Å². The molecule has 1 unspecified atom stereocenters. The minimum absolute atomic E-state index is 0.100. The van der Waals surface area contributed by atoms with Gasteiger partial charge in [0.05, 0.1) is 32.4 Å². The van der Waals surface area contributed by atoms with Gasteiger partial charge in [0.2, 0.25) is 5.91 Å². The molecule has 0 fully saturated rings. The third-order valence-corrected chi connectivity index (χ3v) is 4.59. The highest BCUT2D eigenvalue weighted by molar-refractivity contribution is 6.03. The number of carboxylic acids is 1. The van der Waals surface area contributed by atoms with E-state index < -0.39 is 5.97 Å². The molecule has 0 bridgehead atoms. The van der Waals surface area contributed by atoms with Gasteiger partial charge in [0.1, 0.15) is 11.5 Å². The van der Waals surface area contributed by atoms with Gasteiger partial charge in [-0.3, -0.25) is 9.59 Å². The molecule has 1 amide bonds. The van der Waals surface area contributed by atoms with Crippen molar-refractivity contribution in [2.24, 2.45) is 5.10 Å². The van der Waals surface area contributed by atoms with Crippen molar-refractivity contribution >= 4 is 17.6 Å². The Bertz CT molecular complexity index is 873. The highest BCUT2D eigenvalue weighted by Crippen LogP contribution is 2.35. The van der Waals surface area contributed by atoms with E-state index in [0.717, 1.165) is 16.8 Å². The molecule has 28 heavy (non-hydrogen) atoms.